The van der Waals surface area contributed by atoms with Gasteiger partial charge in [-0.3, -0.25) is 0 Å². The van der Waals surface area contributed by atoms with Crippen molar-refractivity contribution in [3.05, 3.63) is 22.8 Å². The van der Waals surface area contributed by atoms with E-state index in [-0.39, 0.29) is 0 Å². The third-order valence-corrected chi connectivity index (χ3v) is 4.10. The summed E-state index contributed by atoms with van der Waals surface area (Å²) in [6.07, 6.45) is 9.29. The van der Waals surface area contributed by atoms with Gasteiger partial charge in [-0.05, 0) is 70.0 Å². The summed E-state index contributed by atoms with van der Waals surface area (Å²) >= 11 is 0. The monoisotopic (exact) mass is 219 g/mol. The normalized spacial score (nSPS) is 23.3. The van der Waals surface area contributed by atoms with E-state index >= 15 is 0 Å². The molecule has 0 saturated heterocycles. The first-order chi connectivity index (χ1) is 7.72. The lowest BCUT2D eigenvalue weighted by atomic mass is 9.84. The summed E-state index contributed by atoms with van der Waals surface area (Å²) in [6.45, 7) is 5.85. The van der Waals surface area contributed by atoms with Gasteiger partial charge >= 0.3 is 0 Å². The van der Waals surface area contributed by atoms with Gasteiger partial charge in [0.1, 0.15) is 0 Å². The SMILES string of the molecule is CNCCC(C)C1=CC(C2CC2)=C(C)CC1. The Morgan fingerprint density at radius 2 is 2.12 bits per heavy atom. The van der Waals surface area contributed by atoms with Crippen molar-refractivity contribution < 1.29 is 0 Å². The van der Waals surface area contributed by atoms with Gasteiger partial charge in [0.25, 0.3) is 0 Å². The molecule has 0 amide bonds. The first-order valence-corrected chi connectivity index (χ1v) is 6.77. The quantitative estimate of drug-likeness (QED) is 0.744. The van der Waals surface area contributed by atoms with Crippen molar-refractivity contribution in [1.29, 1.82) is 0 Å². The van der Waals surface area contributed by atoms with Crippen LogP contribution in [0.3, 0.4) is 0 Å². The van der Waals surface area contributed by atoms with Gasteiger partial charge in [0.2, 0.25) is 0 Å². The van der Waals surface area contributed by atoms with Crippen LogP contribution in [0.4, 0.5) is 0 Å². The fourth-order valence-corrected chi connectivity index (χ4v) is 2.67. The number of hydrogen-bond donors (Lipinski definition) is 1. The molecule has 1 saturated carbocycles. The van der Waals surface area contributed by atoms with Crippen LogP contribution in [-0.4, -0.2) is 13.6 Å². The Balaban J connectivity index is 2.02. The molecule has 0 aromatic carbocycles. The number of nitrogens with one attached hydrogen (secondary N) is 1. The standard InChI is InChI=1S/C15H25N/c1-11(8-9-16-3)14-5-4-12(2)15(10-14)13-6-7-13/h10-11,13,16H,4-9H2,1-3H3. The topological polar surface area (TPSA) is 12.0 Å². The first-order valence-electron chi connectivity index (χ1n) is 6.77. The maximum atomic E-state index is 3.25. The molecule has 2 aliphatic carbocycles. The average Bonchev–Trinajstić information content (AvgIpc) is 3.10. The van der Waals surface area contributed by atoms with Crippen molar-refractivity contribution >= 4 is 0 Å². The highest BCUT2D eigenvalue weighted by Gasteiger charge is 2.28. The van der Waals surface area contributed by atoms with E-state index in [4.69, 9.17) is 0 Å². The third-order valence-electron chi connectivity index (χ3n) is 4.10. The van der Waals surface area contributed by atoms with E-state index in [1.165, 1.54) is 32.1 Å². The Morgan fingerprint density at radius 3 is 2.75 bits per heavy atom. The fraction of sp³-hybridized carbons (Fsp3) is 0.733. The van der Waals surface area contributed by atoms with E-state index in [9.17, 15) is 0 Å². The Hall–Kier alpha value is -0.560. The predicted octanol–water partition coefficient (Wildman–Crippen LogP) is 3.68. The Labute approximate surface area is 100 Å². The van der Waals surface area contributed by atoms with Crippen molar-refractivity contribution in [1.82, 2.24) is 5.32 Å². The second kappa shape index (κ2) is 5.18. The smallest absolute Gasteiger partial charge is 0.00463 e. The summed E-state index contributed by atoms with van der Waals surface area (Å²) in [5, 5.41) is 3.25. The van der Waals surface area contributed by atoms with Crippen LogP contribution in [0, 0.1) is 11.8 Å². The lowest BCUT2D eigenvalue weighted by Crippen LogP contribution is -2.14. The maximum absolute atomic E-state index is 3.25. The van der Waals surface area contributed by atoms with Crippen LogP contribution >= 0.6 is 0 Å². The van der Waals surface area contributed by atoms with Crippen LogP contribution in [0.25, 0.3) is 0 Å². The molecular weight excluding hydrogens is 194 g/mol. The van der Waals surface area contributed by atoms with Crippen molar-refractivity contribution in [2.75, 3.05) is 13.6 Å². The van der Waals surface area contributed by atoms with Gasteiger partial charge in [0, 0.05) is 0 Å². The van der Waals surface area contributed by atoms with Gasteiger partial charge in [-0.2, -0.15) is 0 Å². The molecule has 0 aliphatic heterocycles. The van der Waals surface area contributed by atoms with Gasteiger partial charge in [0.05, 0.1) is 0 Å². The Kier molecular flexibility index (Phi) is 3.86. The van der Waals surface area contributed by atoms with Crippen molar-refractivity contribution in [3.63, 3.8) is 0 Å². The predicted molar refractivity (Wildman–Crippen MR) is 70.4 cm³/mol. The van der Waals surface area contributed by atoms with Crippen LogP contribution in [0.15, 0.2) is 22.8 Å². The average molecular weight is 219 g/mol. The molecule has 2 aliphatic rings. The summed E-state index contributed by atoms with van der Waals surface area (Å²) < 4.78 is 0. The molecule has 1 fully saturated rings. The Morgan fingerprint density at radius 1 is 1.38 bits per heavy atom. The zero-order chi connectivity index (χ0) is 11.5. The van der Waals surface area contributed by atoms with Crippen LogP contribution in [0.2, 0.25) is 0 Å². The van der Waals surface area contributed by atoms with Gasteiger partial charge in [-0.1, -0.05) is 24.1 Å². The molecule has 0 spiro atoms. The van der Waals surface area contributed by atoms with E-state index in [1.54, 1.807) is 16.7 Å². The van der Waals surface area contributed by atoms with Crippen LogP contribution < -0.4 is 5.32 Å². The van der Waals surface area contributed by atoms with Crippen LogP contribution in [0.1, 0.15) is 46.0 Å². The molecule has 1 heteroatoms. The summed E-state index contributed by atoms with van der Waals surface area (Å²) in [4.78, 5) is 0. The molecule has 1 atom stereocenters. The van der Waals surface area contributed by atoms with Crippen LogP contribution in [0.5, 0.6) is 0 Å². The molecule has 90 valence electrons. The highest BCUT2D eigenvalue weighted by atomic mass is 14.8. The lowest BCUT2D eigenvalue weighted by molar-refractivity contribution is 0.559. The first kappa shape index (κ1) is 11.9. The van der Waals surface area contributed by atoms with Gasteiger partial charge in [-0.25, -0.2) is 0 Å². The maximum Gasteiger partial charge on any atom is -0.00463 e. The minimum absolute atomic E-state index is 0.759. The summed E-state index contributed by atoms with van der Waals surface area (Å²) in [6, 6.07) is 0. The molecule has 1 unspecified atom stereocenters. The molecule has 1 nitrogen and oxygen atoms in total. The fourth-order valence-electron chi connectivity index (χ4n) is 2.67. The highest BCUT2D eigenvalue weighted by Crippen LogP contribution is 2.43. The van der Waals surface area contributed by atoms with Crippen molar-refractivity contribution in [2.45, 2.75) is 46.0 Å². The summed E-state index contributed by atoms with van der Waals surface area (Å²) in [7, 11) is 2.04. The third kappa shape index (κ3) is 2.76. The second-order valence-electron chi connectivity index (χ2n) is 5.52. The van der Waals surface area contributed by atoms with Gasteiger partial charge in [0.15, 0.2) is 0 Å². The largest absolute Gasteiger partial charge is 0.320 e. The van der Waals surface area contributed by atoms with Crippen molar-refractivity contribution in [3.8, 4) is 0 Å². The number of rotatable bonds is 5. The zero-order valence-corrected chi connectivity index (χ0v) is 11.0. The van der Waals surface area contributed by atoms with Gasteiger partial charge in [-0.15, -0.1) is 0 Å². The molecule has 0 radical (unpaired) electrons. The molecule has 0 bridgehead atoms. The molecular formula is C15H25N. The number of hydrogen-bond acceptors (Lipinski definition) is 1. The van der Waals surface area contributed by atoms with E-state index in [1.807, 2.05) is 7.05 Å². The molecule has 0 aromatic heterocycles. The van der Waals surface area contributed by atoms with E-state index in [0.717, 1.165) is 18.4 Å². The Bertz CT molecular complexity index is 307. The molecule has 16 heavy (non-hydrogen) atoms. The summed E-state index contributed by atoms with van der Waals surface area (Å²) in [5.74, 6) is 1.68. The second-order valence-corrected chi connectivity index (χ2v) is 5.52. The molecule has 0 heterocycles. The minimum Gasteiger partial charge on any atom is -0.320 e. The van der Waals surface area contributed by atoms with Gasteiger partial charge < -0.3 is 5.32 Å². The lowest BCUT2D eigenvalue weighted by Gasteiger charge is -2.22. The molecule has 0 aromatic rings. The van der Waals surface area contributed by atoms with E-state index in [2.05, 4.69) is 25.2 Å². The zero-order valence-electron chi connectivity index (χ0n) is 11.0. The van der Waals surface area contributed by atoms with E-state index in [0.29, 0.717) is 0 Å². The highest BCUT2D eigenvalue weighted by molar-refractivity contribution is 5.37. The van der Waals surface area contributed by atoms with Crippen molar-refractivity contribution in [2.24, 2.45) is 11.8 Å². The summed E-state index contributed by atoms with van der Waals surface area (Å²) in [5.41, 5.74) is 5.05. The number of allylic oxidation sites excluding steroid dienone is 4. The molecule has 1 N–H and O–H groups in total. The molecule has 2 rings (SSSR count). The van der Waals surface area contributed by atoms with Crippen LogP contribution in [-0.2, 0) is 0 Å². The minimum atomic E-state index is 0.759. The van der Waals surface area contributed by atoms with E-state index < -0.39 is 0 Å².